The summed E-state index contributed by atoms with van der Waals surface area (Å²) >= 11 is -2.66. The number of methoxy groups -OCH3 is 2. The van der Waals surface area contributed by atoms with Crippen molar-refractivity contribution in [2.75, 3.05) is 14.2 Å². The molecule has 0 radical (unpaired) electrons. The third-order valence-electron chi connectivity index (χ3n) is 1.94. The van der Waals surface area contributed by atoms with Gasteiger partial charge in [-0.1, -0.05) is 0 Å². The average molecular weight is 278 g/mol. The van der Waals surface area contributed by atoms with E-state index in [0.717, 1.165) is 11.1 Å². The molecule has 0 fully saturated rings. The topological polar surface area (TPSA) is 58.9 Å². The van der Waals surface area contributed by atoms with Gasteiger partial charge < -0.3 is 0 Å². The van der Waals surface area contributed by atoms with Gasteiger partial charge in [-0.25, -0.2) is 0 Å². The van der Waals surface area contributed by atoms with E-state index in [0.29, 0.717) is 17.7 Å². The summed E-state index contributed by atoms with van der Waals surface area (Å²) in [5, 5.41) is 0. The minimum atomic E-state index is -2.66. The van der Waals surface area contributed by atoms with E-state index >= 15 is 0 Å². The molecule has 0 aromatic heterocycles. The minimum absolute atomic E-state index is 0.393. The van der Waals surface area contributed by atoms with Gasteiger partial charge in [-0.2, -0.15) is 0 Å². The first kappa shape index (κ1) is 12.6. The van der Waals surface area contributed by atoms with Crippen molar-refractivity contribution in [3.63, 3.8) is 0 Å². The Kier molecular flexibility index (Phi) is 5.25. The number of rotatable bonds is 5. The number of hydrogen-bond donors (Lipinski definition) is 2. The maximum absolute atomic E-state index is 9.31. The van der Waals surface area contributed by atoms with Gasteiger partial charge in [0.15, 0.2) is 0 Å². The van der Waals surface area contributed by atoms with Crippen molar-refractivity contribution in [2.45, 2.75) is 13.2 Å². The van der Waals surface area contributed by atoms with E-state index in [1.54, 1.807) is 20.3 Å². The molecule has 4 nitrogen and oxygen atoms in total. The maximum atomic E-state index is 9.31. The fraction of sp³-hybridized carbons (Fsp3) is 0.400. The zero-order valence-corrected chi connectivity index (χ0v) is 10.5. The number of ether oxygens (including phenoxy) is 2. The fourth-order valence-corrected chi connectivity index (χ4v) is 2.60. The second-order valence-electron chi connectivity index (χ2n) is 3.07. The SMILES string of the molecule is COCc1ccc(COC)c([Se+](O)O)c1. The summed E-state index contributed by atoms with van der Waals surface area (Å²) in [6.45, 7) is 0.864. The second-order valence-corrected chi connectivity index (χ2v) is 5.10. The average Bonchev–Trinajstić information content (AvgIpc) is 2.21. The molecule has 84 valence electrons. The molecule has 0 saturated carbocycles. The van der Waals surface area contributed by atoms with Crippen molar-refractivity contribution in [3.8, 4) is 0 Å². The molecule has 0 spiro atoms. The van der Waals surface area contributed by atoms with Crippen molar-refractivity contribution in [2.24, 2.45) is 0 Å². The van der Waals surface area contributed by atoms with Gasteiger partial charge in [-0.05, 0) is 0 Å². The molecule has 1 rings (SSSR count). The van der Waals surface area contributed by atoms with E-state index < -0.39 is 14.6 Å². The van der Waals surface area contributed by atoms with Gasteiger partial charge in [0.25, 0.3) is 0 Å². The molecule has 0 aliphatic carbocycles. The molecule has 0 aliphatic heterocycles. The molecule has 0 bridgehead atoms. The van der Waals surface area contributed by atoms with Crippen molar-refractivity contribution >= 4 is 19.0 Å². The fourth-order valence-electron chi connectivity index (χ4n) is 1.30. The van der Waals surface area contributed by atoms with E-state index in [1.165, 1.54) is 0 Å². The molecule has 2 N–H and O–H groups in total. The third-order valence-corrected chi connectivity index (χ3v) is 3.56. The zero-order chi connectivity index (χ0) is 11.3. The molecule has 0 unspecified atom stereocenters. The standard InChI is InChI=1S/C10H15O4Se/c1-13-6-8-3-4-9(7-14-2)10(5-8)15(11)12/h3-5,11-12H,6-7H2,1-2H3/q+1. The molecule has 0 aliphatic rings. The van der Waals surface area contributed by atoms with Crippen LogP contribution in [0.1, 0.15) is 11.1 Å². The van der Waals surface area contributed by atoms with E-state index in [1.807, 2.05) is 12.1 Å². The molecular formula is C10H15O4Se+. The summed E-state index contributed by atoms with van der Waals surface area (Å²) in [5.41, 5.74) is 1.76. The van der Waals surface area contributed by atoms with Crippen LogP contribution < -0.4 is 4.46 Å². The third kappa shape index (κ3) is 3.57. The Morgan fingerprint density at radius 2 is 1.80 bits per heavy atom. The quantitative estimate of drug-likeness (QED) is 0.723. The Bertz CT molecular complexity index is 314. The van der Waals surface area contributed by atoms with Gasteiger partial charge in [0.1, 0.15) is 0 Å². The van der Waals surface area contributed by atoms with Crippen LogP contribution in [0.5, 0.6) is 0 Å². The monoisotopic (exact) mass is 279 g/mol. The summed E-state index contributed by atoms with van der Waals surface area (Å²) in [4.78, 5) is 0. The van der Waals surface area contributed by atoms with E-state index in [4.69, 9.17) is 9.47 Å². The van der Waals surface area contributed by atoms with Gasteiger partial charge in [0, 0.05) is 0 Å². The molecule has 0 amide bonds. The molecule has 1 aromatic carbocycles. The van der Waals surface area contributed by atoms with Crippen LogP contribution in [0, 0.1) is 0 Å². The molecular weight excluding hydrogens is 263 g/mol. The van der Waals surface area contributed by atoms with Gasteiger partial charge in [-0.3, -0.25) is 0 Å². The first-order valence-electron chi connectivity index (χ1n) is 4.41. The van der Waals surface area contributed by atoms with E-state index in [9.17, 15) is 8.38 Å². The van der Waals surface area contributed by atoms with Gasteiger partial charge in [-0.15, -0.1) is 0 Å². The van der Waals surface area contributed by atoms with Crippen LogP contribution in [0.15, 0.2) is 18.2 Å². The number of benzene rings is 1. The van der Waals surface area contributed by atoms with Crippen LogP contribution in [0.25, 0.3) is 0 Å². The van der Waals surface area contributed by atoms with E-state index in [-0.39, 0.29) is 0 Å². The molecule has 1 aromatic rings. The summed E-state index contributed by atoms with van der Waals surface area (Å²) in [6.07, 6.45) is 0. The molecule has 0 heterocycles. The Labute approximate surface area is 94.0 Å². The Hall–Kier alpha value is -0.421. The van der Waals surface area contributed by atoms with Crippen LogP contribution in [0.4, 0.5) is 0 Å². The Morgan fingerprint density at radius 3 is 2.33 bits per heavy atom. The summed E-state index contributed by atoms with van der Waals surface area (Å²) in [5.74, 6) is 0. The van der Waals surface area contributed by atoms with Crippen LogP contribution in [-0.4, -0.2) is 37.2 Å². The van der Waals surface area contributed by atoms with Crippen molar-refractivity contribution in [3.05, 3.63) is 29.3 Å². The van der Waals surface area contributed by atoms with Crippen LogP contribution >= 0.6 is 0 Å². The summed E-state index contributed by atoms with van der Waals surface area (Å²) in [6, 6.07) is 5.51. The molecule has 0 saturated heterocycles. The van der Waals surface area contributed by atoms with Crippen LogP contribution in [0.2, 0.25) is 0 Å². The molecule has 5 heteroatoms. The van der Waals surface area contributed by atoms with Gasteiger partial charge in [0.2, 0.25) is 0 Å². The van der Waals surface area contributed by atoms with E-state index in [2.05, 4.69) is 0 Å². The van der Waals surface area contributed by atoms with Crippen LogP contribution in [-0.2, 0) is 22.7 Å². The predicted molar refractivity (Wildman–Crippen MR) is 57.7 cm³/mol. The van der Waals surface area contributed by atoms with Gasteiger partial charge in [0.05, 0.1) is 0 Å². The summed E-state index contributed by atoms with van der Waals surface area (Å²) < 4.78 is 29.2. The zero-order valence-electron chi connectivity index (χ0n) is 8.77. The van der Waals surface area contributed by atoms with Crippen molar-refractivity contribution < 1.29 is 17.9 Å². The first-order valence-corrected chi connectivity index (χ1v) is 6.80. The molecule has 0 atom stereocenters. The van der Waals surface area contributed by atoms with Crippen molar-refractivity contribution in [1.82, 2.24) is 0 Å². The Morgan fingerprint density at radius 1 is 1.13 bits per heavy atom. The summed E-state index contributed by atoms with van der Waals surface area (Å²) in [7, 11) is 3.19. The predicted octanol–water partition coefficient (Wildman–Crippen LogP) is -0.341. The number of hydrogen-bond acceptors (Lipinski definition) is 4. The van der Waals surface area contributed by atoms with Crippen molar-refractivity contribution in [1.29, 1.82) is 0 Å². The Balaban J connectivity index is 2.97. The van der Waals surface area contributed by atoms with Crippen LogP contribution in [0.3, 0.4) is 0 Å². The first-order chi connectivity index (χ1) is 7.19. The normalized spacial score (nSPS) is 11.0. The van der Waals surface area contributed by atoms with Gasteiger partial charge >= 0.3 is 93.6 Å². The molecule has 15 heavy (non-hydrogen) atoms. The second kappa shape index (κ2) is 6.23.